The van der Waals surface area contributed by atoms with Crippen molar-refractivity contribution in [1.29, 1.82) is 0 Å². The van der Waals surface area contributed by atoms with Crippen molar-refractivity contribution in [2.75, 3.05) is 0 Å². The van der Waals surface area contributed by atoms with Crippen molar-refractivity contribution in [3.05, 3.63) is 42.4 Å². The first kappa shape index (κ1) is 18.7. The first-order valence-corrected chi connectivity index (χ1v) is 10.1. The van der Waals surface area contributed by atoms with Crippen LogP contribution >= 0.6 is 0 Å². The van der Waals surface area contributed by atoms with Crippen molar-refractivity contribution in [2.45, 2.75) is 70.8 Å². The number of nitrogens with one attached hydrogen (secondary N) is 1. The lowest BCUT2D eigenvalue weighted by atomic mass is 9.96. The number of rotatable bonds is 9. The van der Waals surface area contributed by atoms with Gasteiger partial charge in [-0.2, -0.15) is 0 Å². The molecule has 0 bridgehead atoms. The Morgan fingerprint density at radius 3 is 2.88 bits per heavy atom. The number of carbonyl (C=O) groups is 1. The Morgan fingerprint density at radius 1 is 1.23 bits per heavy atom. The first-order valence-electron chi connectivity index (χ1n) is 10.1. The molecule has 1 aromatic heterocycles. The molecule has 0 radical (unpaired) electrons. The number of hydrogen-bond donors (Lipinski definition) is 1. The van der Waals surface area contributed by atoms with E-state index in [1.54, 1.807) is 6.20 Å². The Kier molecular flexibility index (Phi) is 6.87. The number of aromatic nitrogens is 1. The molecule has 1 aliphatic rings. The summed E-state index contributed by atoms with van der Waals surface area (Å²) in [5.41, 5.74) is 1.03. The topological polar surface area (TPSA) is 55.1 Å². The zero-order valence-electron chi connectivity index (χ0n) is 15.7. The zero-order chi connectivity index (χ0) is 18.2. The second-order valence-electron chi connectivity index (χ2n) is 7.35. The lowest BCUT2D eigenvalue weighted by Crippen LogP contribution is -2.37. The molecule has 1 heterocycles. The van der Waals surface area contributed by atoms with Crippen LogP contribution in [0.1, 0.15) is 64.2 Å². The third-order valence-corrected chi connectivity index (χ3v) is 5.34. The largest absolute Gasteiger partial charge is 0.441 e. The van der Waals surface area contributed by atoms with E-state index in [-0.39, 0.29) is 5.91 Å². The van der Waals surface area contributed by atoms with Gasteiger partial charge in [-0.25, -0.2) is 4.98 Å². The molecule has 2 atom stereocenters. The molecular formula is C22H30N2O2. The van der Waals surface area contributed by atoms with Crippen molar-refractivity contribution in [2.24, 2.45) is 5.92 Å². The summed E-state index contributed by atoms with van der Waals surface area (Å²) >= 11 is 0. The van der Waals surface area contributed by atoms with Gasteiger partial charge in [0.25, 0.3) is 0 Å². The number of carbonyl (C=O) groups excluding carboxylic acids is 1. The van der Waals surface area contributed by atoms with E-state index in [1.165, 1.54) is 32.1 Å². The van der Waals surface area contributed by atoms with E-state index in [9.17, 15) is 4.79 Å². The summed E-state index contributed by atoms with van der Waals surface area (Å²) in [6.45, 7) is 2.23. The van der Waals surface area contributed by atoms with Gasteiger partial charge in [-0.15, -0.1) is 0 Å². The van der Waals surface area contributed by atoms with Crippen LogP contribution in [-0.4, -0.2) is 16.9 Å². The minimum Gasteiger partial charge on any atom is -0.441 e. The van der Waals surface area contributed by atoms with E-state index in [1.807, 2.05) is 30.3 Å². The second kappa shape index (κ2) is 9.56. The zero-order valence-corrected chi connectivity index (χ0v) is 15.7. The summed E-state index contributed by atoms with van der Waals surface area (Å²) in [6.07, 6.45) is 11.2. The van der Waals surface area contributed by atoms with Crippen LogP contribution < -0.4 is 5.32 Å². The smallest absolute Gasteiger partial charge is 0.220 e. The minimum absolute atomic E-state index is 0.174. The molecule has 1 saturated carbocycles. The van der Waals surface area contributed by atoms with Crippen LogP contribution in [-0.2, 0) is 11.2 Å². The Bertz CT molecular complexity index is 680. The Balaban J connectivity index is 1.41. The van der Waals surface area contributed by atoms with E-state index in [0.29, 0.717) is 30.7 Å². The molecule has 4 heteroatoms. The summed E-state index contributed by atoms with van der Waals surface area (Å²) in [5, 5.41) is 3.27. The molecule has 3 rings (SSSR count). The molecule has 2 unspecified atom stereocenters. The number of aryl methyl sites for hydroxylation is 1. The van der Waals surface area contributed by atoms with Crippen LogP contribution in [0.3, 0.4) is 0 Å². The molecule has 4 nitrogen and oxygen atoms in total. The number of hydrogen-bond acceptors (Lipinski definition) is 3. The van der Waals surface area contributed by atoms with Gasteiger partial charge in [0.05, 0.1) is 6.20 Å². The summed E-state index contributed by atoms with van der Waals surface area (Å²) in [5.74, 6) is 2.35. The van der Waals surface area contributed by atoms with E-state index in [4.69, 9.17) is 4.42 Å². The van der Waals surface area contributed by atoms with Gasteiger partial charge >= 0.3 is 0 Å². The summed E-state index contributed by atoms with van der Waals surface area (Å²) in [6, 6.07) is 10.4. The molecule has 1 N–H and O–H groups in total. The van der Waals surface area contributed by atoms with Gasteiger partial charge in [0.1, 0.15) is 0 Å². The van der Waals surface area contributed by atoms with E-state index < -0.39 is 0 Å². The van der Waals surface area contributed by atoms with Gasteiger partial charge in [0.2, 0.25) is 5.91 Å². The minimum atomic E-state index is 0.174. The summed E-state index contributed by atoms with van der Waals surface area (Å²) < 4.78 is 5.80. The number of nitrogens with zero attached hydrogens (tertiary/aromatic N) is 1. The Labute approximate surface area is 156 Å². The van der Waals surface area contributed by atoms with Gasteiger partial charge in [-0.3, -0.25) is 4.79 Å². The van der Waals surface area contributed by atoms with Gasteiger partial charge in [-0.1, -0.05) is 56.5 Å². The van der Waals surface area contributed by atoms with E-state index in [2.05, 4.69) is 17.2 Å². The van der Waals surface area contributed by atoms with Crippen LogP contribution in [0, 0.1) is 5.92 Å². The molecule has 1 aromatic carbocycles. The van der Waals surface area contributed by atoms with Crippen molar-refractivity contribution >= 4 is 5.91 Å². The number of benzene rings is 1. The molecule has 1 aliphatic carbocycles. The molecule has 26 heavy (non-hydrogen) atoms. The highest BCUT2D eigenvalue weighted by molar-refractivity contribution is 5.76. The molecule has 1 fully saturated rings. The maximum absolute atomic E-state index is 12.3. The average molecular weight is 354 g/mol. The fourth-order valence-corrected chi connectivity index (χ4v) is 3.88. The standard InChI is InChI=1S/C22H30N2O2/c1-2-3-9-17-12-7-13-19(17)24-21(25)14-8-15-22-23-16-20(26-22)18-10-5-4-6-11-18/h4-6,10-11,16-17,19H,2-3,7-9,12-15H2,1H3,(H,24,25). The molecule has 0 saturated heterocycles. The fourth-order valence-electron chi connectivity index (χ4n) is 3.88. The summed E-state index contributed by atoms with van der Waals surface area (Å²) in [7, 11) is 0. The van der Waals surface area contributed by atoms with Crippen molar-refractivity contribution in [3.8, 4) is 11.3 Å². The van der Waals surface area contributed by atoms with Crippen LogP contribution in [0.25, 0.3) is 11.3 Å². The second-order valence-corrected chi connectivity index (χ2v) is 7.35. The monoisotopic (exact) mass is 354 g/mol. The van der Waals surface area contributed by atoms with Gasteiger partial charge in [0.15, 0.2) is 11.7 Å². The third kappa shape index (κ3) is 5.20. The number of oxazole rings is 1. The number of unbranched alkanes of at least 4 members (excludes halogenated alkanes) is 1. The highest BCUT2D eigenvalue weighted by Gasteiger charge is 2.27. The van der Waals surface area contributed by atoms with E-state index in [0.717, 1.165) is 24.2 Å². The number of amides is 1. The van der Waals surface area contributed by atoms with Crippen molar-refractivity contribution in [3.63, 3.8) is 0 Å². The van der Waals surface area contributed by atoms with Crippen LogP contribution in [0.2, 0.25) is 0 Å². The SMILES string of the molecule is CCCCC1CCCC1NC(=O)CCCc1ncc(-c2ccccc2)o1. The van der Waals surface area contributed by atoms with Gasteiger partial charge in [0, 0.05) is 24.4 Å². The van der Waals surface area contributed by atoms with Crippen LogP contribution in [0.5, 0.6) is 0 Å². The molecule has 1 amide bonds. The summed E-state index contributed by atoms with van der Waals surface area (Å²) in [4.78, 5) is 16.6. The van der Waals surface area contributed by atoms with Crippen LogP contribution in [0.15, 0.2) is 40.9 Å². The highest BCUT2D eigenvalue weighted by atomic mass is 16.4. The van der Waals surface area contributed by atoms with Crippen molar-refractivity contribution in [1.82, 2.24) is 10.3 Å². The van der Waals surface area contributed by atoms with Gasteiger partial charge < -0.3 is 9.73 Å². The Morgan fingerprint density at radius 2 is 2.08 bits per heavy atom. The van der Waals surface area contributed by atoms with Crippen molar-refractivity contribution < 1.29 is 9.21 Å². The lowest BCUT2D eigenvalue weighted by Gasteiger charge is -2.20. The predicted octanol–water partition coefficient (Wildman–Crippen LogP) is 5.14. The fraction of sp³-hybridized carbons (Fsp3) is 0.545. The van der Waals surface area contributed by atoms with Gasteiger partial charge in [-0.05, 0) is 31.6 Å². The van der Waals surface area contributed by atoms with E-state index >= 15 is 0 Å². The molecule has 0 spiro atoms. The molecular weight excluding hydrogens is 324 g/mol. The Hall–Kier alpha value is -2.10. The highest BCUT2D eigenvalue weighted by Crippen LogP contribution is 2.30. The molecule has 140 valence electrons. The average Bonchev–Trinajstić information content (AvgIpc) is 3.30. The normalized spacial score (nSPS) is 19.6. The molecule has 2 aromatic rings. The third-order valence-electron chi connectivity index (χ3n) is 5.34. The first-order chi connectivity index (χ1) is 12.8. The predicted molar refractivity (Wildman–Crippen MR) is 104 cm³/mol. The van der Waals surface area contributed by atoms with Crippen LogP contribution in [0.4, 0.5) is 0 Å². The maximum Gasteiger partial charge on any atom is 0.220 e. The molecule has 0 aliphatic heterocycles. The maximum atomic E-state index is 12.3. The quantitative estimate of drug-likeness (QED) is 0.678. The lowest BCUT2D eigenvalue weighted by molar-refractivity contribution is -0.122.